The topological polar surface area (TPSA) is 108 Å². The number of sulfonamides is 1. The van der Waals surface area contributed by atoms with Crippen LogP contribution < -0.4 is 0 Å². The Morgan fingerprint density at radius 2 is 1.57 bits per heavy atom. The number of carbonyl (C=O) groups is 2. The average molecular weight is 522 g/mol. The molecule has 5 rings (SSSR count). The number of rotatable bonds is 6. The number of ketones is 1. The lowest BCUT2D eigenvalue weighted by atomic mass is 9.95. The van der Waals surface area contributed by atoms with Crippen molar-refractivity contribution < 1.29 is 27.5 Å². The van der Waals surface area contributed by atoms with Crippen molar-refractivity contribution in [2.45, 2.75) is 30.3 Å². The summed E-state index contributed by atoms with van der Waals surface area (Å²) in [6.07, 6.45) is 4.75. The monoisotopic (exact) mass is 521 g/mol. The van der Waals surface area contributed by atoms with E-state index in [0.717, 1.165) is 18.4 Å². The first-order valence-corrected chi connectivity index (χ1v) is 13.2. The van der Waals surface area contributed by atoms with E-state index in [0.29, 0.717) is 18.7 Å². The van der Waals surface area contributed by atoms with Gasteiger partial charge in [-0.2, -0.15) is 4.31 Å². The van der Waals surface area contributed by atoms with Gasteiger partial charge in [0.1, 0.15) is 11.6 Å². The number of hydrogen-bond donors (Lipinski definition) is 1. The molecular weight excluding hydrogens is 497 g/mol. The summed E-state index contributed by atoms with van der Waals surface area (Å²) >= 11 is 0. The highest BCUT2D eigenvalue weighted by Crippen LogP contribution is 2.40. The van der Waals surface area contributed by atoms with Crippen LogP contribution in [0.25, 0.3) is 5.76 Å². The van der Waals surface area contributed by atoms with Crippen LogP contribution in [0.3, 0.4) is 0 Å². The Labute approximate surface area is 213 Å². The van der Waals surface area contributed by atoms with Gasteiger partial charge in [-0.3, -0.25) is 14.6 Å². The third-order valence-electron chi connectivity index (χ3n) is 6.66. The van der Waals surface area contributed by atoms with Crippen LogP contribution in [0.1, 0.15) is 35.6 Å². The molecule has 2 fully saturated rings. The molecule has 1 aromatic heterocycles. The number of nitrogens with zero attached hydrogens (tertiary/aromatic N) is 3. The van der Waals surface area contributed by atoms with Gasteiger partial charge in [-0.1, -0.05) is 12.1 Å². The highest BCUT2D eigenvalue weighted by molar-refractivity contribution is 7.89. The number of aliphatic hydroxyl groups excluding tert-OH is 1. The Hall–Kier alpha value is -3.89. The molecule has 3 aromatic rings. The minimum Gasteiger partial charge on any atom is -0.507 e. The maximum atomic E-state index is 13.7. The fourth-order valence-electron chi connectivity index (χ4n) is 4.74. The van der Waals surface area contributed by atoms with Gasteiger partial charge in [0.15, 0.2) is 0 Å². The molecule has 0 radical (unpaired) electrons. The molecular formula is C27H24FN3O5S. The molecule has 0 unspecified atom stereocenters. The molecule has 190 valence electrons. The predicted molar refractivity (Wildman–Crippen MR) is 133 cm³/mol. The van der Waals surface area contributed by atoms with Crippen LogP contribution in [0.4, 0.5) is 4.39 Å². The number of aromatic nitrogens is 1. The maximum absolute atomic E-state index is 13.7. The van der Waals surface area contributed by atoms with Gasteiger partial charge in [0.2, 0.25) is 10.0 Å². The zero-order valence-electron chi connectivity index (χ0n) is 19.7. The first-order valence-electron chi connectivity index (χ1n) is 11.8. The van der Waals surface area contributed by atoms with Gasteiger partial charge in [-0.05, 0) is 72.5 Å². The molecule has 0 aliphatic carbocycles. The van der Waals surface area contributed by atoms with Gasteiger partial charge >= 0.3 is 0 Å². The minimum absolute atomic E-state index is 0.0684. The van der Waals surface area contributed by atoms with Crippen LogP contribution >= 0.6 is 0 Å². The summed E-state index contributed by atoms with van der Waals surface area (Å²) < 4.78 is 40.8. The van der Waals surface area contributed by atoms with Crippen LogP contribution in [0.15, 0.2) is 83.5 Å². The fraction of sp³-hybridized carbons (Fsp3) is 0.222. The first-order chi connectivity index (χ1) is 17.8. The van der Waals surface area contributed by atoms with E-state index in [1.165, 1.54) is 57.7 Å². The molecule has 2 aromatic carbocycles. The lowest BCUT2D eigenvalue weighted by molar-refractivity contribution is -0.140. The summed E-state index contributed by atoms with van der Waals surface area (Å²) in [5, 5.41) is 11.2. The quantitative estimate of drug-likeness (QED) is 0.302. The van der Waals surface area contributed by atoms with Crippen molar-refractivity contribution in [3.8, 4) is 0 Å². The Bertz CT molecular complexity index is 1470. The standard InChI is InChI=1S/C27H24FN3O5S/c28-21-7-3-19(4-8-21)24-23(26(33)27(34)31(24)17-18-11-13-29-14-12-18)25(32)20-5-9-22(10-6-20)37(35,36)30-15-1-2-16-30/h3-14,24,32H,1-2,15-17H2/t24-/m1/s1. The van der Waals surface area contributed by atoms with E-state index >= 15 is 0 Å². The molecule has 1 N–H and O–H groups in total. The summed E-state index contributed by atoms with van der Waals surface area (Å²) in [5.41, 5.74) is 1.21. The molecule has 2 aliphatic rings. The van der Waals surface area contributed by atoms with Crippen molar-refractivity contribution in [1.29, 1.82) is 0 Å². The molecule has 1 amide bonds. The smallest absolute Gasteiger partial charge is 0.295 e. The van der Waals surface area contributed by atoms with Crippen molar-refractivity contribution in [2.75, 3.05) is 13.1 Å². The zero-order valence-corrected chi connectivity index (χ0v) is 20.6. The molecule has 2 aliphatic heterocycles. The highest BCUT2D eigenvalue weighted by atomic mass is 32.2. The highest BCUT2D eigenvalue weighted by Gasteiger charge is 2.46. The Morgan fingerprint density at radius 1 is 0.946 bits per heavy atom. The molecule has 0 bridgehead atoms. The molecule has 10 heteroatoms. The van der Waals surface area contributed by atoms with Crippen LogP contribution in [0.2, 0.25) is 0 Å². The van der Waals surface area contributed by atoms with Crippen molar-refractivity contribution in [3.05, 3.63) is 101 Å². The maximum Gasteiger partial charge on any atom is 0.295 e. The number of aliphatic hydroxyl groups is 1. The molecule has 0 saturated carbocycles. The largest absolute Gasteiger partial charge is 0.507 e. The van der Waals surface area contributed by atoms with Crippen LogP contribution in [0, 0.1) is 5.82 Å². The Balaban J connectivity index is 1.56. The van der Waals surface area contributed by atoms with E-state index in [2.05, 4.69) is 4.98 Å². The predicted octanol–water partition coefficient (Wildman–Crippen LogP) is 3.63. The number of pyridine rings is 1. The second-order valence-corrected chi connectivity index (χ2v) is 10.9. The second-order valence-electron chi connectivity index (χ2n) is 8.97. The van der Waals surface area contributed by atoms with Crippen LogP contribution in [-0.2, 0) is 26.2 Å². The van der Waals surface area contributed by atoms with E-state index < -0.39 is 39.3 Å². The Kier molecular flexibility index (Phi) is 6.61. The van der Waals surface area contributed by atoms with E-state index in [4.69, 9.17) is 0 Å². The summed E-state index contributed by atoms with van der Waals surface area (Å²) in [5.74, 6) is -2.60. The van der Waals surface area contributed by atoms with Crippen molar-refractivity contribution in [2.24, 2.45) is 0 Å². The van der Waals surface area contributed by atoms with E-state index in [9.17, 15) is 27.5 Å². The van der Waals surface area contributed by atoms with E-state index in [1.54, 1.807) is 24.5 Å². The van der Waals surface area contributed by atoms with E-state index in [-0.39, 0.29) is 22.6 Å². The van der Waals surface area contributed by atoms with Crippen molar-refractivity contribution in [1.82, 2.24) is 14.2 Å². The van der Waals surface area contributed by atoms with Gasteiger partial charge in [-0.25, -0.2) is 12.8 Å². The number of amides is 1. The number of likely N-dealkylation sites (tertiary alicyclic amines) is 1. The number of halogens is 1. The van der Waals surface area contributed by atoms with E-state index in [1.807, 2.05) is 0 Å². The van der Waals surface area contributed by atoms with Crippen LogP contribution in [0.5, 0.6) is 0 Å². The van der Waals surface area contributed by atoms with Gasteiger partial charge < -0.3 is 10.0 Å². The van der Waals surface area contributed by atoms with Crippen molar-refractivity contribution in [3.63, 3.8) is 0 Å². The number of Topliss-reactive ketones (excluding diaryl/α,β-unsaturated/α-hetero) is 1. The summed E-state index contributed by atoms with van der Waals surface area (Å²) in [6, 6.07) is 13.4. The summed E-state index contributed by atoms with van der Waals surface area (Å²) in [6.45, 7) is 0.990. The van der Waals surface area contributed by atoms with Crippen molar-refractivity contribution >= 4 is 27.5 Å². The lowest BCUT2D eigenvalue weighted by Crippen LogP contribution is -2.29. The normalized spacial score (nSPS) is 20.0. The molecule has 8 nitrogen and oxygen atoms in total. The molecule has 0 spiro atoms. The average Bonchev–Trinajstić information content (AvgIpc) is 3.54. The third-order valence-corrected chi connectivity index (χ3v) is 8.57. The second kappa shape index (κ2) is 9.87. The summed E-state index contributed by atoms with van der Waals surface area (Å²) in [7, 11) is -3.66. The molecule has 37 heavy (non-hydrogen) atoms. The first kappa shape index (κ1) is 24.8. The number of benzene rings is 2. The minimum atomic E-state index is -3.66. The van der Waals surface area contributed by atoms with Gasteiger partial charge in [0.25, 0.3) is 11.7 Å². The SMILES string of the molecule is O=C1C(=O)N(Cc2ccncc2)[C@H](c2ccc(F)cc2)C1=C(O)c1ccc(S(=O)(=O)N2CCCC2)cc1. The molecule has 1 atom stereocenters. The van der Waals surface area contributed by atoms with Gasteiger partial charge in [0, 0.05) is 37.6 Å². The fourth-order valence-corrected chi connectivity index (χ4v) is 6.25. The zero-order chi connectivity index (χ0) is 26.2. The molecule has 2 saturated heterocycles. The van der Waals surface area contributed by atoms with Crippen LogP contribution in [-0.4, -0.2) is 52.5 Å². The third kappa shape index (κ3) is 4.65. The summed E-state index contributed by atoms with van der Waals surface area (Å²) in [4.78, 5) is 31.6. The van der Waals surface area contributed by atoms with Gasteiger partial charge in [-0.15, -0.1) is 0 Å². The van der Waals surface area contributed by atoms with Gasteiger partial charge in [0.05, 0.1) is 16.5 Å². The number of carbonyl (C=O) groups excluding carboxylic acids is 2. The number of hydrogen-bond acceptors (Lipinski definition) is 6. The lowest BCUT2D eigenvalue weighted by Gasteiger charge is -2.25. The Morgan fingerprint density at radius 3 is 2.19 bits per heavy atom. The molecule has 3 heterocycles.